The van der Waals surface area contributed by atoms with Gasteiger partial charge in [-0.05, 0) is 13.3 Å². The minimum Gasteiger partial charge on any atom is -0.351 e. The smallest absolute Gasteiger partial charge is 0.263 e. The molecule has 1 N–H and O–H groups in total. The zero-order chi connectivity index (χ0) is 9.68. The fourth-order valence-corrected chi connectivity index (χ4v) is 1.80. The Balaban J connectivity index is 2.40. The summed E-state index contributed by atoms with van der Waals surface area (Å²) in [6.45, 7) is 2.60. The molecule has 1 aromatic heterocycles. The highest BCUT2D eigenvalue weighted by atomic mass is 79.9. The molecule has 0 unspecified atom stereocenters. The number of hydrogen-bond acceptors (Lipinski definition) is 3. The van der Waals surface area contributed by atoms with Gasteiger partial charge >= 0.3 is 0 Å². The molecule has 0 atom stereocenters. The molecule has 0 aliphatic carbocycles. The molecule has 0 fully saturated rings. The average Bonchev–Trinajstić information content (AvgIpc) is 2.52. The number of alkyl halides is 1. The van der Waals surface area contributed by atoms with Gasteiger partial charge < -0.3 is 5.32 Å². The second kappa shape index (κ2) is 5.34. The molecule has 0 saturated carbocycles. The van der Waals surface area contributed by atoms with E-state index in [2.05, 4.69) is 26.2 Å². The Labute approximate surface area is 89.7 Å². The van der Waals surface area contributed by atoms with Crippen LogP contribution in [0, 0.1) is 6.92 Å². The molecule has 1 rings (SSSR count). The normalized spacial score (nSPS) is 10.0. The number of nitrogens with zero attached hydrogens (tertiary/aromatic N) is 1. The number of amides is 1. The highest BCUT2D eigenvalue weighted by Gasteiger charge is 2.07. The second-order valence-corrected chi connectivity index (χ2v) is 4.57. The van der Waals surface area contributed by atoms with E-state index in [1.165, 1.54) is 11.3 Å². The van der Waals surface area contributed by atoms with Crippen LogP contribution in [-0.4, -0.2) is 22.8 Å². The number of thiazole rings is 1. The Hall–Kier alpha value is -0.420. The topological polar surface area (TPSA) is 42.0 Å². The molecule has 0 radical (unpaired) electrons. The first-order chi connectivity index (χ1) is 6.24. The van der Waals surface area contributed by atoms with Crippen LogP contribution < -0.4 is 5.32 Å². The van der Waals surface area contributed by atoms with E-state index in [0.717, 1.165) is 16.8 Å². The fourth-order valence-electron chi connectivity index (χ4n) is 0.822. The monoisotopic (exact) mass is 262 g/mol. The lowest BCUT2D eigenvalue weighted by Crippen LogP contribution is -2.23. The van der Waals surface area contributed by atoms with E-state index in [9.17, 15) is 4.79 Å². The molecule has 0 bridgehead atoms. The van der Waals surface area contributed by atoms with E-state index in [-0.39, 0.29) is 5.91 Å². The maximum absolute atomic E-state index is 11.4. The first-order valence-corrected chi connectivity index (χ1v) is 5.94. The number of rotatable bonds is 4. The van der Waals surface area contributed by atoms with E-state index in [1.807, 2.05) is 6.92 Å². The number of carbonyl (C=O) groups excluding carboxylic acids is 1. The summed E-state index contributed by atoms with van der Waals surface area (Å²) in [4.78, 5) is 16.1. The van der Waals surface area contributed by atoms with Crippen LogP contribution in [0.2, 0.25) is 0 Å². The molecular weight excluding hydrogens is 252 g/mol. The lowest BCUT2D eigenvalue weighted by molar-refractivity contribution is 0.0957. The van der Waals surface area contributed by atoms with Crippen LogP contribution in [-0.2, 0) is 0 Å². The quantitative estimate of drug-likeness (QED) is 0.666. The van der Waals surface area contributed by atoms with Crippen molar-refractivity contribution in [3.63, 3.8) is 0 Å². The van der Waals surface area contributed by atoms with Crippen molar-refractivity contribution in [2.45, 2.75) is 13.3 Å². The average molecular weight is 263 g/mol. The van der Waals surface area contributed by atoms with E-state index in [0.29, 0.717) is 11.4 Å². The van der Waals surface area contributed by atoms with Crippen LogP contribution in [0.5, 0.6) is 0 Å². The number of nitrogens with one attached hydrogen (secondary N) is 1. The van der Waals surface area contributed by atoms with Gasteiger partial charge in [0.2, 0.25) is 0 Å². The molecule has 72 valence electrons. The maximum Gasteiger partial charge on any atom is 0.263 e. The van der Waals surface area contributed by atoms with Crippen molar-refractivity contribution >= 4 is 33.2 Å². The molecule has 1 heterocycles. The zero-order valence-corrected chi connectivity index (χ0v) is 9.74. The molecule has 0 spiro atoms. The standard InChI is InChI=1S/C8H11BrN2OS/c1-6-11-5-7(13-6)8(12)10-4-2-3-9/h5H,2-4H2,1H3,(H,10,12). The summed E-state index contributed by atoms with van der Waals surface area (Å²) in [7, 11) is 0. The van der Waals surface area contributed by atoms with Gasteiger partial charge in [0.1, 0.15) is 4.88 Å². The van der Waals surface area contributed by atoms with E-state index >= 15 is 0 Å². The Morgan fingerprint density at radius 3 is 3.08 bits per heavy atom. The van der Waals surface area contributed by atoms with Gasteiger partial charge in [0.25, 0.3) is 5.91 Å². The molecule has 5 heteroatoms. The minimum absolute atomic E-state index is 0.0217. The first-order valence-electron chi connectivity index (χ1n) is 4.00. The third-order valence-corrected chi connectivity index (χ3v) is 2.91. The molecule has 0 aliphatic rings. The summed E-state index contributed by atoms with van der Waals surface area (Å²) < 4.78 is 0. The molecule has 13 heavy (non-hydrogen) atoms. The van der Waals surface area contributed by atoms with Gasteiger partial charge in [-0.15, -0.1) is 11.3 Å². The summed E-state index contributed by atoms with van der Waals surface area (Å²) >= 11 is 4.72. The molecule has 1 aromatic rings. The largest absolute Gasteiger partial charge is 0.351 e. The van der Waals surface area contributed by atoms with Gasteiger partial charge in [-0.2, -0.15) is 0 Å². The Morgan fingerprint density at radius 1 is 1.77 bits per heavy atom. The van der Waals surface area contributed by atoms with E-state index < -0.39 is 0 Å². The van der Waals surface area contributed by atoms with Crippen molar-refractivity contribution in [3.8, 4) is 0 Å². The summed E-state index contributed by atoms with van der Waals surface area (Å²) in [5.41, 5.74) is 0. The number of hydrogen-bond donors (Lipinski definition) is 1. The third kappa shape index (κ3) is 3.44. The van der Waals surface area contributed by atoms with Gasteiger partial charge in [0, 0.05) is 11.9 Å². The minimum atomic E-state index is -0.0217. The summed E-state index contributed by atoms with van der Waals surface area (Å²) in [6, 6.07) is 0. The number of aromatic nitrogens is 1. The first kappa shape index (κ1) is 10.7. The van der Waals surface area contributed by atoms with Crippen molar-refractivity contribution in [1.82, 2.24) is 10.3 Å². The fraction of sp³-hybridized carbons (Fsp3) is 0.500. The predicted molar refractivity (Wildman–Crippen MR) is 57.6 cm³/mol. The highest BCUT2D eigenvalue weighted by molar-refractivity contribution is 9.09. The lowest BCUT2D eigenvalue weighted by Gasteiger charge is -1.99. The molecule has 0 aromatic carbocycles. The second-order valence-electron chi connectivity index (χ2n) is 2.54. The lowest BCUT2D eigenvalue weighted by atomic mass is 10.4. The molecule has 3 nitrogen and oxygen atoms in total. The van der Waals surface area contributed by atoms with Gasteiger partial charge in [0.05, 0.1) is 11.2 Å². The van der Waals surface area contributed by atoms with Crippen molar-refractivity contribution in [1.29, 1.82) is 0 Å². The summed E-state index contributed by atoms with van der Waals surface area (Å²) in [5.74, 6) is -0.0217. The van der Waals surface area contributed by atoms with Gasteiger partial charge in [-0.25, -0.2) is 4.98 Å². The molecule has 0 saturated heterocycles. The third-order valence-electron chi connectivity index (χ3n) is 1.44. The van der Waals surface area contributed by atoms with Gasteiger partial charge in [0.15, 0.2) is 0 Å². The summed E-state index contributed by atoms with van der Waals surface area (Å²) in [6.07, 6.45) is 2.56. The number of halogens is 1. The summed E-state index contributed by atoms with van der Waals surface area (Å²) in [5, 5.41) is 4.65. The molecule has 1 amide bonds. The Bertz CT molecular complexity index is 287. The van der Waals surface area contributed by atoms with E-state index in [4.69, 9.17) is 0 Å². The van der Waals surface area contributed by atoms with Crippen LogP contribution >= 0.6 is 27.3 Å². The van der Waals surface area contributed by atoms with Crippen molar-refractivity contribution in [3.05, 3.63) is 16.1 Å². The Morgan fingerprint density at radius 2 is 2.54 bits per heavy atom. The maximum atomic E-state index is 11.4. The highest BCUT2D eigenvalue weighted by Crippen LogP contribution is 2.10. The van der Waals surface area contributed by atoms with Crippen molar-refractivity contribution < 1.29 is 4.79 Å². The SMILES string of the molecule is Cc1ncc(C(=O)NCCCBr)s1. The van der Waals surface area contributed by atoms with Gasteiger partial charge in [-0.3, -0.25) is 4.79 Å². The van der Waals surface area contributed by atoms with Crippen LogP contribution in [0.4, 0.5) is 0 Å². The Kier molecular flexibility index (Phi) is 4.38. The van der Waals surface area contributed by atoms with Gasteiger partial charge in [-0.1, -0.05) is 15.9 Å². The molecular formula is C8H11BrN2OS. The van der Waals surface area contributed by atoms with Crippen molar-refractivity contribution in [2.75, 3.05) is 11.9 Å². The van der Waals surface area contributed by atoms with Crippen LogP contribution in [0.1, 0.15) is 21.1 Å². The predicted octanol–water partition coefficient (Wildman–Crippen LogP) is 1.97. The number of carbonyl (C=O) groups is 1. The van der Waals surface area contributed by atoms with Crippen LogP contribution in [0.15, 0.2) is 6.20 Å². The van der Waals surface area contributed by atoms with Crippen molar-refractivity contribution in [2.24, 2.45) is 0 Å². The number of aryl methyl sites for hydroxylation is 1. The zero-order valence-electron chi connectivity index (χ0n) is 7.34. The van der Waals surface area contributed by atoms with Crippen LogP contribution in [0.25, 0.3) is 0 Å². The van der Waals surface area contributed by atoms with E-state index in [1.54, 1.807) is 6.20 Å². The molecule has 0 aliphatic heterocycles. The van der Waals surface area contributed by atoms with Crippen LogP contribution in [0.3, 0.4) is 0 Å².